The Morgan fingerprint density at radius 3 is 3.05 bits per heavy atom. The van der Waals surface area contributed by atoms with E-state index in [0.717, 1.165) is 38.8 Å². The number of likely N-dealkylation sites (tertiary alicyclic amines) is 1. The number of carbonyl (C=O) groups is 1. The van der Waals surface area contributed by atoms with Gasteiger partial charge in [0.2, 0.25) is 0 Å². The first kappa shape index (κ1) is 15.4. The molecule has 1 saturated carbocycles. The summed E-state index contributed by atoms with van der Waals surface area (Å²) in [5, 5.41) is 11.0. The van der Waals surface area contributed by atoms with Gasteiger partial charge in [-0.3, -0.25) is 9.69 Å². The molecule has 0 spiro atoms. The van der Waals surface area contributed by atoms with Crippen molar-refractivity contribution in [1.82, 2.24) is 25.2 Å². The molecule has 7 heteroatoms. The van der Waals surface area contributed by atoms with Crippen LogP contribution >= 0.6 is 0 Å². The molecule has 0 radical (unpaired) electrons. The summed E-state index contributed by atoms with van der Waals surface area (Å²) in [5.41, 5.74) is 0.546. The zero-order valence-corrected chi connectivity index (χ0v) is 13.4. The highest BCUT2D eigenvalue weighted by Gasteiger charge is 2.37. The van der Waals surface area contributed by atoms with Crippen molar-refractivity contribution in [3.8, 4) is 0 Å². The van der Waals surface area contributed by atoms with E-state index in [2.05, 4.69) is 20.5 Å². The molecule has 0 bridgehead atoms. The van der Waals surface area contributed by atoms with Gasteiger partial charge in [-0.15, -0.1) is 5.10 Å². The molecule has 22 heavy (non-hydrogen) atoms. The fraction of sp³-hybridized carbons (Fsp3) is 0.800. The van der Waals surface area contributed by atoms with Gasteiger partial charge in [-0.1, -0.05) is 5.21 Å². The summed E-state index contributed by atoms with van der Waals surface area (Å²) in [7, 11) is 1.78. The molecule has 2 aliphatic rings. The maximum absolute atomic E-state index is 12.5. The Morgan fingerprint density at radius 2 is 2.32 bits per heavy atom. The standard InChI is InChI=1S/C15H25N5O2/c1-3-20-14(9-16-18-20)15(21)17-12-5-4-6-13(12)19-8-7-11(10-19)22-2/h9,11-13H,3-8,10H2,1-2H3,(H,17,21)/t11?,12-,13+/m1/s1. The predicted octanol–water partition coefficient (Wildman–Crippen LogP) is 0.670. The van der Waals surface area contributed by atoms with E-state index in [1.54, 1.807) is 18.0 Å². The van der Waals surface area contributed by atoms with Gasteiger partial charge >= 0.3 is 0 Å². The van der Waals surface area contributed by atoms with E-state index in [0.29, 0.717) is 24.4 Å². The lowest BCUT2D eigenvalue weighted by molar-refractivity contribution is 0.0864. The monoisotopic (exact) mass is 307 g/mol. The van der Waals surface area contributed by atoms with Crippen LogP contribution in [0.3, 0.4) is 0 Å². The van der Waals surface area contributed by atoms with Gasteiger partial charge < -0.3 is 10.1 Å². The maximum Gasteiger partial charge on any atom is 0.271 e. The van der Waals surface area contributed by atoms with Crippen molar-refractivity contribution in [2.24, 2.45) is 0 Å². The fourth-order valence-electron chi connectivity index (χ4n) is 3.70. The number of rotatable bonds is 5. The molecule has 1 aliphatic carbocycles. The molecule has 1 N–H and O–H groups in total. The van der Waals surface area contributed by atoms with Crippen LogP contribution in [0.25, 0.3) is 0 Å². The van der Waals surface area contributed by atoms with E-state index in [-0.39, 0.29) is 11.9 Å². The third-order valence-electron chi connectivity index (χ3n) is 4.92. The van der Waals surface area contributed by atoms with Crippen molar-refractivity contribution in [3.05, 3.63) is 11.9 Å². The first-order valence-corrected chi connectivity index (χ1v) is 8.19. The number of amides is 1. The SMILES string of the molecule is CCn1nncc1C(=O)N[C@@H]1CCC[C@@H]1N1CCC(OC)C1. The summed E-state index contributed by atoms with van der Waals surface area (Å²) < 4.78 is 7.09. The summed E-state index contributed by atoms with van der Waals surface area (Å²) in [6.07, 6.45) is 6.31. The molecule has 1 saturated heterocycles. The Balaban J connectivity index is 1.63. The molecular weight excluding hydrogens is 282 g/mol. The third-order valence-corrected chi connectivity index (χ3v) is 4.92. The van der Waals surface area contributed by atoms with Crippen LogP contribution in [0.1, 0.15) is 43.1 Å². The van der Waals surface area contributed by atoms with Crippen LogP contribution in [0.15, 0.2) is 6.20 Å². The van der Waals surface area contributed by atoms with Gasteiger partial charge in [0.1, 0.15) is 5.69 Å². The first-order chi connectivity index (χ1) is 10.7. The van der Waals surface area contributed by atoms with E-state index in [4.69, 9.17) is 4.74 Å². The summed E-state index contributed by atoms with van der Waals surface area (Å²) in [6.45, 7) is 4.64. The lowest BCUT2D eigenvalue weighted by Crippen LogP contribution is -2.48. The Bertz CT molecular complexity index is 518. The van der Waals surface area contributed by atoms with Crippen LogP contribution in [0.5, 0.6) is 0 Å². The second-order valence-electron chi connectivity index (χ2n) is 6.15. The van der Waals surface area contributed by atoms with Crippen molar-refractivity contribution in [3.63, 3.8) is 0 Å². The molecular formula is C15H25N5O2. The number of methoxy groups -OCH3 is 1. The van der Waals surface area contributed by atoms with E-state index in [9.17, 15) is 4.79 Å². The molecule has 3 rings (SSSR count). The highest BCUT2D eigenvalue weighted by molar-refractivity contribution is 5.92. The Morgan fingerprint density at radius 1 is 1.45 bits per heavy atom. The van der Waals surface area contributed by atoms with Crippen LogP contribution in [0.4, 0.5) is 0 Å². The van der Waals surface area contributed by atoms with Crippen molar-refractivity contribution in [1.29, 1.82) is 0 Å². The smallest absolute Gasteiger partial charge is 0.271 e. The first-order valence-electron chi connectivity index (χ1n) is 8.19. The molecule has 2 fully saturated rings. The van der Waals surface area contributed by atoms with Crippen molar-refractivity contribution in [2.45, 2.75) is 57.3 Å². The number of nitrogens with one attached hydrogen (secondary N) is 1. The largest absolute Gasteiger partial charge is 0.380 e. The highest BCUT2D eigenvalue weighted by Crippen LogP contribution is 2.28. The van der Waals surface area contributed by atoms with Gasteiger partial charge in [0.05, 0.1) is 12.3 Å². The van der Waals surface area contributed by atoms with E-state index in [1.165, 1.54) is 0 Å². The number of aryl methyl sites for hydroxylation is 1. The molecule has 1 amide bonds. The Labute approximate surface area is 131 Å². The van der Waals surface area contributed by atoms with Gasteiger partial charge in [-0.05, 0) is 32.6 Å². The second-order valence-corrected chi connectivity index (χ2v) is 6.15. The van der Waals surface area contributed by atoms with Gasteiger partial charge in [-0.25, -0.2) is 4.68 Å². The van der Waals surface area contributed by atoms with Crippen molar-refractivity contribution < 1.29 is 9.53 Å². The zero-order chi connectivity index (χ0) is 15.5. The fourth-order valence-corrected chi connectivity index (χ4v) is 3.70. The molecule has 1 aromatic rings. The van der Waals surface area contributed by atoms with E-state index < -0.39 is 0 Å². The summed E-state index contributed by atoms with van der Waals surface area (Å²) in [4.78, 5) is 14.9. The minimum Gasteiger partial charge on any atom is -0.380 e. The number of ether oxygens (including phenoxy) is 1. The zero-order valence-electron chi connectivity index (χ0n) is 13.4. The van der Waals surface area contributed by atoms with Crippen LogP contribution < -0.4 is 5.32 Å². The average molecular weight is 307 g/mol. The second kappa shape index (κ2) is 6.75. The lowest BCUT2D eigenvalue weighted by atomic mass is 10.1. The van der Waals surface area contributed by atoms with Crippen LogP contribution in [0, 0.1) is 0 Å². The van der Waals surface area contributed by atoms with Gasteiger partial charge in [0.15, 0.2) is 0 Å². The molecule has 1 aromatic heterocycles. The highest BCUT2D eigenvalue weighted by atomic mass is 16.5. The number of nitrogens with zero attached hydrogens (tertiary/aromatic N) is 4. The normalized spacial score (nSPS) is 29.1. The summed E-state index contributed by atoms with van der Waals surface area (Å²) in [5.74, 6) is -0.0637. The van der Waals surface area contributed by atoms with Crippen LogP contribution in [0.2, 0.25) is 0 Å². The molecule has 2 heterocycles. The number of carbonyl (C=O) groups excluding carboxylic acids is 1. The van der Waals surface area contributed by atoms with E-state index >= 15 is 0 Å². The number of aromatic nitrogens is 3. The van der Waals surface area contributed by atoms with Crippen LogP contribution in [-0.2, 0) is 11.3 Å². The summed E-state index contributed by atoms with van der Waals surface area (Å²) in [6, 6.07) is 0.637. The maximum atomic E-state index is 12.5. The summed E-state index contributed by atoms with van der Waals surface area (Å²) >= 11 is 0. The van der Waals surface area contributed by atoms with Crippen molar-refractivity contribution >= 4 is 5.91 Å². The molecule has 122 valence electrons. The minimum atomic E-state index is -0.0637. The molecule has 3 atom stereocenters. The molecule has 1 unspecified atom stereocenters. The molecule has 7 nitrogen and oxygen atoms in total. The predicted molar refractivity (Wildman–Crippen MR) is 81.6 cm³/mol. The van der Waals surface area contributed by atoms with Gasteiger partial charge in [-0.2, -0.15) is 0 Å². The third kappa shape index (κ3) is 3.01. The number of hydrogen-bond acceptors (Lipinski definition) is 5. The van der Waals surface area contributed by atoms with Crippen LogP contribution in [-0.4, -0.2) is 64.2 Å². The van der Waals surface area contributed by atoms with Gasteiger partial charge in [0, 0.05) is 38.8 Å². The minimum absolute atomic E-state index is 0.0637. The van der Waals surface area contributed by atoms with Gasteiger partial charge in [0.25, 0.3) is 5.91 Å². The topological polar surface area (TPSA) is 72.3 Å². The number of hydrogen-bond donors (Lipinski definition) is 1. The van der Waals surface area contributed by atoms with E-state index in [1.807, 2.05) is 6.92 Å². The molecule has 0 aromatic carbocycles. The van der Waals surface area contributed by atoms with Crippen molar-refractivity contribution in [2.75, 3.05) is 20.2 Å². The lowest BCUT2D eigenvalue weighted by Gasteiger charge is -2.29. The molecule has 1 aliphatic heterocycles. The quantitative estimate of drug-likeness (QED) is 0.865. The Kier molecular flexibility index (Phi) is 4.73. The Hall–Kier alpha value is -1.47. The average Bonchev–Trinajstić information content (AvgIpc) is 3.26.